The maximum absolute atomic E-state index is 11.4. The molecule has 15 heavy (non-hydrogen) atoms. The van der Waals surface area contributed by atoms with Crippen molar-refractivity contribution < 1.29 is 9.90 Å². The summed E-state index contributed by atoms with van der Waals surface area (Å²) in [6.45, 7) is 3.98. The van der Waals surface area contributed by atoms with Gasteiger partial charge in [0.1, 0.15) is 0 Å². The molecule has 2 atom stereocenters. The molecule has 1 rings (SSSR count). The van der Waals surface area contributed by atoms with Gasteiger partial charge in [0, 0.05) is 13.6 Å². The van der Waals surface area contributed by atoms with Crippen LogP contribution in [0.25, 0.3) is 0 Å². The van der Waals surface area contributed by atoms with E-state index in [9.17, 15) is 9.90 Å². The van der Waals surface area contributed by atoms with Crippen LogP contribution in [-0.4, -0.2) is 48.7 Å². The van der Waals surface area contributed by atoms with Crippen LogP contribution in [0.1, 0.15) is 26.2 Å². The third-order valence-electron chi connectivity index (χ3n) is 3.12. The van der Waals surface area contributed by atoms with Crippen LogP contribution in [0.4, 0.5) is 0 Å². The number of hydrogen-bond donors (Lipinski definition) is 2. The number of aliphatic hydroxyl groups is 1. The smallest absolute Gasteiger partial charge is 0.236 e. The monoisotopic (exact) mass is 214 g/mol. The predicted molar refractivity (Wildman–Crippen MR) is 59.5 cm³/mol. The van der Waals surface area contributed by atoms with Crippen LogP contribution in [0.15, 0.2) is 0 Å². The largest absolute Gasteiger partial charge is 0.393 e. The number of amides is 1. The fourth-order valence-electron chi connectivity index (χ4n) is 1.93. The summed E-state index contributed by atoms with van der Waals surface area (Å²) in [5.41, 5.74) is 0. The van der Waals surface area contributed by atoms with Crippen LogP contribution < -0.4 is 5.32 Å². The average molecular weight is 214 g/mol. The number of likely N-dealkylation sites (N-methyl/N-ethyl adjacent to an activating group) is 1. The molecule has 88 valence electrons. The van der Waals surface area contributed by atoms with Gasteiger partial charge in [0.15, 0.2) is 0 Å². The normalized spacial score (nSPS) is 25.5. The fourth-order valence-corrected chi connectivity index (χ4v) is 1.93. The van der Waals surface area contributed by atoms with E-state index in [-0.39, 0.29) is 12.0 Å². The van der Waals surface area contributed by atoms with Crippen molar-refractivity contribution in [1.29, 1.82) is 0 Å². The van der Waals surface area contributed by atoms with Crippen LogP contribution >= 0.6 is 0 Å². The molecule has 0 spiro atoms. The third kappa shape index (κ3) is 4.18. The second-order valence-corrected chi connectivity index (χ2v) is 4.37. The lowest BCUT2D eigenvalue weighted by Crippen LogP contribution is -2.36. The Labute approximate surface area is 91.6 Å². The zero-order valence-corrected chi connectivity index (χ0v) is 9.70. The van der Waals surface area contributed by atoms with E-state index in [0.29, 0.717) is 12.5 Å². The second kappa shape index (κ2) is 6.08. The van der Waals surface area contributed by atoms with Crippen LogP contribution in [-0.2, 0) is 4.79 Å². The maximum atomic E-state index is 11.4. The van der Waals surface area contributed by atoms with Crippen molar-refractivity contribution >= 4 is 5.91 Å². The van der Waals surface area contributed by atoms with Gasteiger partial charge in [-0.05, 0) is 38.6 Å². The van der Waals surface area contributed by atoms with Crippen molar-refractivity contribution in [3.63, 3.8) is 0 Å². The van der Waals surface area contributed by atoms with Crippen molar-refractivity contribution in [2.75, 3.05) is 26.7 Å². The Hall–Kier alpha value is -0.610. The first-order valence-electron chi connectivity index (χ1n) is 5.76. The summed E-state index contributed by atoms with van der Waals surface area (Å²) in [5.74, 6) is 0.677. The number of rotatable bonds is 5. The van der Waals surface area contributed by atoms with Crippen molar-refractivity contribution in [3.8, 4) is 0 Å². The molecule has 1 saturated carbocycles. The van der Waals surface area contributed by atoms with E-state index in [0.717, 1.165) is 32.4 Å². The summed E-state index contributed by atoms with van der Waals surface area (Å²) in [7, 11) is 1.81. The van der Waals surface area contributed by atoms with Gasteiger partial charge in [0.25, 0.3) is 0 Å². The Balaban J connectivity index is 2.08. The molecule has 0 heterocycles. The van der Waals surface area contributed by atoms with Crippen LogP contribution in [0.3, 0.4) is 0 Å². The lowest BCUT2D eigenvalue weighted by molar-refractivity contribution is -0.128. The number of carbonyl (C=O) groups is 1. The van der Waals surface area contributed by atoms with E-state index in [1.807, 2.05) is 14.0 Å². The number of hydrogen-bond acceptors (Lipinski definition) is 3. The van der Waals surface area contributed by atoms with Crippen LogP contribution in [0.5, 0.6) is 0 Å². The van der Waals surface area contributed by atoms with E-state index in [1.165, 1.54) is 0 Å². The highest BCUT2D eigenvalue weighted by molar-refractivity contribution is 5.77. The Kier molecular flexibility index (Phi) is 5.05. The van der Waals surface area contributed by atoms with Gasteiger partial charge in [0.2, 0.25) is 5.91 Å². The molecular formula is C11H22N2O2. The van der Waals surface area contributed by atoms with Gasteiger partial charge in [-0.3, -0.25) is 4.79 Å². The highest BCUT2D eigenvalue weighted by Gasteiger charge is 2.22. The first-order chi connectivity index (χ1) is 7.13. The van der Waals surface area contributed by atoms with Gasteiger partial charge >= 0.3 is 0 Å². The summed E-state index contributed by atoms with van der Waals surface area (Å²) in [6.07, 6.45) is 2.75. The first-order valence-corrected chi connectivity index (χ1v) is 5.76. The molecule has 0 saturated heterocycles. The topological polar surface area (TPSA) is 52.6 Å². The van der Waals surface area contributed by atoms with Crippen LogP contribution in [0.2, 0.25) is 0 Å². The lowest BCUT2D eigenvalue weighted by atomic mass is 10.1. The van der Waals surface area contributed by atoms with E-state index >= 15 is 0 Å². The SMILES string of the molecule is CCN(C)C(=O)CNCC1CCC(O)C1. The quantitative estimate of drug-likeness (QED) is 0.688. The molecule has 4 nitrogen and oxygen atoms in total. The molecule has 1 fully saturated rings. The van der Waals surface area contributed by atoms with Crippen molar-refractivity contribution in [2.24, 2.45) is 5.92 Å². The minimum absolute atomic E-state index is 0.120. The second-order valence-electron chi connectivity index (χ2n) is 4.37. The molecule has 2 N–H and O–H groups in total. The molecule has 0 aromatic heterocycles. The summed E-state index contributed by atoms with van der Waals surface area (Å²) in [5, 5.41) is 12.5. The summed E-state index contributed by atoms with van der Waals surface area (Å²) in [6, 6.07) is 0. The molecule has 1 amide bonds. The van der Waals surface area contributed by atoms with Crippen molar-refractivity contribution in [3.05, 3.63) is 0 Å². The molecule has 2 unspecified atom stereocenters. The maximum Gasteiger partial charge on any atom is 0.236 e. The third-order valence-corrected chi connectivity index (χ3v) is 3.12. The van der Waals surface area contributed by atoms with E-state index in [2.05, 4.69) is 5.32 Å². The number of nitrogens with one attached hydrogen (secondary N) is 1. The van der Waals surface area contributed by atoms with Gasteiger partial charge < -0.3 is 15.3 Å². The van der Waals surface area contributed by atoms with Crippen LogP contribution in [0, 0.1) is 5.92 Å². The Morgan fingerprint density at radius 3 is 2.80 bits per heavy atom. The average Bonchev–Trinajstić information content (AvgIpc) is 2.63. The molecule has 0 aromatic rings. The van der Waals surface area contributed by atoms with Crippen molar-refractivity contribution in [2.45, 2.75) is 32.3 Å². The minimum Gasteiger partial charge on any atom is -0.393 e. The molecular weight excluding hydrogens is 192 g/mol. The molecule has 0 bridgehead atoms. The first kappa shape index (κ1) is 12.5. The zero-order valence-electron chi connectivity index (χ0n) is 9.70. The Morgan fingerprint density at radius 2 is 2.27 bits per heavy atom. The van der Waals surface area contributed by atoms with Crippen molar-refractivity contribution in [1.82, 2.24) is 10.2 Å². The number of carbonyl (C=O) groups excluding carboxylic acids is 1. The zero-order chi connectivity index (χ0) is 11.3. The number of aliphatic hydroxyl groups excluding tert-OH is 1. The highest BCUT2D eigenvalue weighted by Crippen LogP contribution is 2.24. The highest BCUT2D eigenvalue weighted by atomic mass is 16.3. The van der Waals surface area contributed by atoms with E-state index < -0.39 is 0 Å². The van der Waals surface area contributed by atoms with Gasteiger partial charge in [0.05, 0.1) is 12.6 Å². The molecule has 1 aliphatic rings. The molecule has 0 aliphatic heterocycles. The van der Waals surface area contributed by atoms with Gasteiger partial charge in [-0.1, -0.05) is 0 Å². The van der Waals surface area contributed by atoms with E-state index in [1.54, 1.807) is 4.90 Å². The standard InChI is InChI=1S/C11H22N2O2/c1-3-13(2)11(15)8-12-7-9-4-5-10(14)6-9/h9-10,12,14H,3-8H2,1-2H3. The lowest BCUT2D eigenvalue weighted by Gasteiger charge is -2.16. The van der Waals surface area contributed by atoms with Gasteiger partial charge in [-0.15, -0.1) is 0 Å². The van der Waals surface area contributed by atoms with Gasteiger partial charge in [-0.25, -0.2) is 0 Å². The molecule has 4 heteroatoms. The predicted octanol–water partition coefficient (Wildman–Crippen LogP) is 0.215. The molecule has 0 aromatic carbocycles. The van der Waals surface area contributed by atoms with Gasteiger partial charge in [-0.2, -0.15) is 0 Å². The minimum atomic E-state index is -0.120. The summed E-state index contributed by atoms with van der Waals surface area (Å²) < 4.78 is 0. The summed E-state index contributed by atoms with van der Waals surface area (Å²) >= 11 is 0. The Morgan fingerprint density at radius 1 is 1.53 bits per heavy atom. The fraction of sp³-hybridized carbons (Fsp3) is 0.909. The number of nitrogens with zero attached hydrogens (tertiary/aromatic N) is 1. The molecule has 1 aliphatic carbocycles. The summed E-state index contributed by atoms with van der Waals surface area (Å²) in [4.78, 5) is 13.1. The van der Waals surface area contributed by atoms with E-state index in [4.69, 9.17) is 0 Å². The molecule has 0 radical (unpaired) electrons. The Bertz CT molecular complexity index is 209.